The van der Waals surface area contributed by atoms with E-state index in [2.05, 4.69) is 17.6 Å². The van der Waals surface area contributed by atoms with E-state index in [1.807, 2.05) is 0 Å². The molecule has 4 nitrogen and oxygen atoms in total. The molecule has 0 heterocycles. The standard InChI is InChI=1S/C10H19ClN2O2/c1-2-3-7-12-10(15)8-13-9(14)5-4-6-11/h2-8H2,1H3,(H,12,15)(H,13,14). The molecule has 0 aliphatic heterocycles. The molecule has 0 saturated carbocycles. The molecule has 15 heavy (non-hydrogen) atoms. The van der Waals surface area contributed by atoms with Crippen LogP contribution in [0.5, 0.6) is 0 Å². The van der Waals surface area contributed by atoms with Gasteiger partial charge in [-0.2, -0.15) is 0 Å². The Balaban J connectivity index is 3.40. The van der Waals surface area contributed by atoms with E-state index in [1.54, 1.807) is 0 Å². The molecule has 0 radical (unpaired) electrons. The normalized spacial score (nSPS) is 9.73. The molecule has 0 aliphatic rings. The van der Waals surface area contributed by atoms with Gasteiger partial charge in [0.15, 0.2) is 0 Å². The number of alkyl halides is 1. The van der Waals surface area contributed by atoms with Crippen molar-refractivity contribution in [2.45, 2.75) is 32.6 Å². The molecule has 88 valence electrons. The van der Waals surface area contributed by atoms with Crippen LogP contribution in [0.25, 0.3) is 0 Å². The second-order valence-corrected chi connectivity index (χ2v) is 3.65. The van der Waals surface area contributed by atoms with Crippen LogP contribution in [0, 0.1) is 0 Å². The second kappa shape index (κ2) is 9.77. The van der Waals surface area contributed by atoms with Crippen molar-refractivity contribution >= 4 is 23.4 Å². The summed E-state index contributed by atoms with van der Waals surface area (Å²) in [7, 11) is 0. The Morgan fingerprint density at radius 2 is 1.87 bits per heavy atom. The molecule has 2 N–H and O–H groups in total. The van der Waals surface area contributed by atoms with Gasteiger partial charge in [-0.15, -0.1) is 11.6 Å². The van der Waals surface area contributed by atoms with Crippen molar-refractivity contribution in [2.24, 2.45) is 0 Å². The smallest absolute Gasteiger partial charge is 0.239 e. The summed E-state index contributed by atoms with van der Waals surface area (Å²) in [5.41, 5.74) is 0. The van der Waals surface area contributed by atoms with E-state index in [4.69, 9.17) is 11.6 Å². The van der Waals surface area contributed by atoms with Crippen molar-refractivity contribution < 1.29 is 9.59 Å². The highest BCUT2D eigenvalue weighted by atomic mass is 35.5. The van der Waals surface area contributed by atoms with Crippen molar-refractivity contribution in [3.8, 4) is 0 Å². The zero-order valence-corrected chi connectivity index (χ0v) is 9.90. The predicted octanol–water partition coefficient (Wildman–Crippen LogP) is 1.04. The monoisotopic (exact) mass is 234 g/mol. The van der Waals surface area contributed by atoms with Crippen LogP contribution in [-0.4, -0.2) is 30.8 Å². The number of rotatable bonds is 8. The molecular weight excluding hydrogens is 216 g/mol. The van der Waals surface area contributed by atoms with Crippen LogP contribution in [-0.2, 0) is 9.59 Å². The lowest BCUT2D eigenvalue weighted by Crippen LogP contribution is -2.37. The van der Waals surface area contributed by atoms with Gasteiger partial charge in [0.2, 0.25) is 11.8 Å². The summed E-state index contributed by atoms with van der Waals surface area (Å²) in [6, 6.07) is 0. The number of amides is 2. The molecule has 0 aromatic heterocycles. The van der Waals surface area contributed by atoms with E-state index in [9.17, 15) is 9.59 Å². The zero-order valence-electron chi connectivity index (χ0n) is 9.14. The zero-order chi connectivity index (χ0) is 11.5. The highest BCUT2D eigenvalue weighted by Crippen LogP contribution is 1.90. The molecule has 0 aromatic carbocycles. The Bertz CT molecular complexity index is 198. The summed E-state index contributed by atoms with van der Waals surface area (Å²) >= 11 is 5.43. The van der Waals surface area contributed by atoms with Crippen LogP contribution in [0.3, 0.4) is 0 Å². The molecule has 0 bridgehead atoms. The first-order valence-corrected chi connectivity index (χ1v) is 5.83. The first kappa shape index (κ1) is 14.2. The lowest BCUT2D eigenvalue weighted by Gasteiger charge is -2.05. The van der Waals surface area contributed by atoms with Crippen molar-refractivity contribution in [3.63, 3.8) is 0 Å². The Morgan fingerprint density at radius 1 is 1.13 bits per heavy atom. The van der Waals surface area contributed by atoms with Gasteiger partial charge in [0.1, 0.15) is 0 Å². The van der Waals surface area contributed by atoms with Gasteiger partial charge in [-0.1, -0.05) is 13.3 Å². The third kappa shape index (κ3) is 9.53. The number of carbonyl (C=O) groups excluding carboxylic acids is 2. The van der Waals surface area contributed by atoms with Crippen LogP contribution in [0.15, 0.2) is 0 Å². The molecule has 0 atom stereocenters. The number of hydrogen-bond acceptors (Lipinski definition) is 2. The summed E-state index contributed by atoms with van der Waals surface area (Å²) < 4.78 is 0. The van der Waals surface area contributed by atoms with Gasteiger partial charge in [-0.25, -0.2) is 0 Å². The van der Waals surface area contributed by atoms with Crippen LogP contribution >= 0.6 is 11.6 Å². The van der Waals surface area contributed by atoms with Crippen LogP contribution in [0.4, 0.5) is 0 Å². The molecule has 0 unspecified atom stereocenters. The van der Waals surface area contributed by atoms with Crippen molar-refractivity contribution in [1.29, 1.82) is 0 Å². The predicted molar refractivity (Wildman–Crippen MR) is 60.9 cm³/mol. The minimum atomic E-state index is -0.136. The Labute approximate surface area is 95.7 Å². The lowest BCUT2D eigenvalue weighted by atomic mass is 10.3. The molecule has 5 heteroatoms. The number of halogens is 1. The maximum atomic E-state index is 11.1. The van der Waals surface area contributed by atoms with Gasteiger partial charge in [-0.3, -0.25) is 9.59 Å². The minimum absolute atomic E-state index is 0.0604. The van der Waals surface area contributed by atoms with E-state index in [-0.39, 0.29) is 18.4 Å². The fourth-order valence-corrected chi connectivity index (χ4v) is 1.10. The topological polar surface area (TPSA) is 58.2 Å². The molecule has 0 rings (SSSR count). The fraction of sp³-hybridized carbons (Fsp3) is 0.800. The largest absolute Gasteiger partial charge is 0.355 e. The SMILES string of the molecule is CCCCNC(=O)CNC(=O)CCCCl. The van der Waals surface area contributed by atoms with Gasteiger partial charge in [0, 0.05) is 18.8 Å². The molecule has 0 spiro atoms. The quantitative estimate of drug-likeness (QED) is 0.487. The molecule has 0 aromatic rings. The summed E-state index contributed by atoms with van der Waals surface area (Å²) in [6.07, 6.45) is 3.03. The number of carbonyl (C=O) groups is 2. The Morgan fingerprint density at radius 3 is 2.47 bits per heavy atom. The van der Waals surface area contributed by atoms with E-state index >= 15 is 0 Å². The maximum Gasteiger partial charge on any atom is 0.239 e. The van der Waals surface area contributed by atoms with E-state index in [0.29, 0.717) is 25.3 Å². The number of hydrogen-bond donors (Lipinski definition) is 2. The average molecular weight is 235 g/mol. The highest BCUT2D eigenvalue weighted by Gasteiger charge is 2.03. The maximum absolute atomic E-state index is 11.1. The molecule has 0 saturated heterocycles. The molecular formula is C10H19ClN2O2. The first-order valence-electron chi connectivity index (χ1n) is 5.30. The second-order valence-electron chi connectivity index (χ2n) is 3.27. The van der Waals surface area contributed by atoms with Gasteiger partial charge >= 0.3 is 0 Å². The van der Waals surface area contributed by atoms with Gasteiger partial charge in [0.05, 0.1) is 6.54 Å². The fourth-order valence-electron chi connectivity index (χ4n) is 0.962. The van der Waals surface area contributed by atoms with E-state index < -0.39 is 0 Å². The average Bonchev–Trinajstić information content (AvgIpc) is 2.24. The van der Waals surface area contributed by atoms with Crippen molar-refractivity contribution in [3.05, 3.63) is 0 Å². The highest BCUT2D eigenvalue weighted by molar-refractivity contribution is 6.17. The summed E-state index contributed by atoms with van der Waals surface area (Å²) in [5, 5.41) is 5.25. The van der Waals surface area contributed by atoms with Crippen LogP contribution < -0.4 is 10.6 Å². The summed E-state index contributed by atoms with van der Waals surface area (Å²) in [4.78, 5) is 22.2. The first-order chi connectivity index (χ1) is 7.20. The molecule has 0 fully saturated rings. The van der Waals surface area contributed by atoms with Crippen LogP contribution in [0.1, 0.15) is 32.6 Å². The summed E-state index contributed by atoms with van der Waals surface area (Å²) in [6.45, 7) is 2.79. The number of nitrogens with one attached hydrogen (secondary N) is 2. The van der Waals surface area contributed by atoms with Crippen LogP contribution in [0.2, 0.25) is 0 Å². The van der Waals surface area contributed by atoms with Gasteiger partial charge in [-0.05, 0) is 12.8 Å². The Hall–Kier alpha value is -0.770. The van der Waals surface area contributed by atoms with Gasteiger partial charge in [0.25, 0.3) is 0 Å². The van der Waals surface area contributed by atoms with E-state index in [1.165, 1.54) is 0 Å². The van der Waals surface area contributed by atoms with Crippen molar-refractivity contribution in [2.75, 3.05) is 19.0 Å². The lowest BCUT2D eigenvalue weighted by molar-refractivity contribution is -0.126. The van der Waals surface area contributed by atoms with Gasteiger partial charge < -0.3 is 10.6 Å². The summed E-state index contributed by atoms with van der Waals surface area (Å²) in [5.74, 6) is 0.208. The third-order valence-electron chi connectivity index (χ3n) is 1.84. The Kier molecular flexibility index (Phi) is 9.27. The molecule has 0 aliphatic carbocycles. The van der Waals surface area contributed by atoms with E-state index in [0.717, 1.165) is 12.8 Å². The van der Waals surface area contributed by atoms with Crippen molar-refractivity contribution in [1.82, 2.24) is 10.6 Å². The molecule has 2 amide bonds. The minimum Gasteiger partial charge on any atom is -0.355 e. The number of unbranched alkanes of at least 4 members (excludes halogenated alkanes) is 1. The third-order valence-corrected chi connectivity index (χ3v) is 2.10.